The van der Waals surface area contributed by atoms with Gasteiger partial charge in [0.05, 0.1) is 11.8 Å². The zero-order chi connectivity index (χ0) is 25.2. The number of aromatic nitrogens is 1. The van der Waals surface area contributed by atoms with E-state index in [0.29, 0.717) is 6.04 Å². The third-order valence-corrected chi connectivity index (χ3v) is 6.73. The second-order valence-electron chi connectivity index (χ2n) is 9.73. The topological polar surface area (TPSA) is 34.1 Å². The van der Waals surface area contributed by atoms with Gasteiger partial charge in [-0.15, -0.1) is 0 Å². The van der Waals surface area contributed by atoms with Gasteiger partial charge >= 0.3 is 0 Å². The molecule has 0 spiro atoms. The van der Waals surface area contributed by atoms with Crippen LogP contribution in [0.5, 0.6) is 5.75 Å². The summed E-state index contributed by atoms with van der Waals surface area (Å²) in [4.78, 5) is 5.13. The van der Waals surface area contributed by atoms with Crippen molar-refractivity contribution < 1.29 is 4.74 Å². The summed E-state index contributed by atoms with van der Waals surface area (Å²) < 4.78 is 6.39. The highest BCUT2D eigenvalue weighted by Gasteiger charge is 2.19. The zero-order valence-electron chi connectivity index (χ0n) is 22.7. The molecule has 1 unspecified atom stereocenters. The van der Waals surface area contributed by atoms with E-state index in [9.17, 15) is 0 Å². The molecule has 3 heteroatoms. The fourth-order valence-corrected chi connectivity index (χ4v) is 4.84. The molecule has 0 aliphatic carbocycles. The van der Waals surface area contributed by atoms with Crippen molar-refractivity contribution in [3.63, 3.8) is 0 Å². The number of unbranched alkanes of at least 4 members (excludes halogenated alkanes) is 2. The number of ether oxygens (including phenoxy) is 1. The Morgan fingerprint density at radius 1 is 0.886 bits per heavy atom. The molecule has 0 saturated heterocycles. The minimum absolute atomic E-state index is 0.102. The van der Waals surface area contributed by atoms with Crippen LogP contribution in [0.3, 0.4) is 0 Å². The van der Waals surface area contributed by atoms with E-state index in [2.05, 4.69) is 101 Å². The summed E-state index contributed by atoms with van der Waals surface area (Å²) in [7, 11) is 0. The molecule has 0 radical (unpaired) electrons. The average molecular weight is 473 g/mol. The van der Waals surface area contributed by atoms with Crippen molar-refractivity contribution in [2.24, 2.45) is 0 Å². The molecule has 0 saturated carbocycles. The van der Waals surface area contributed by atoms with E-state index >= 15 is 0 Å². The number of nitrogens with zero attached hydrogens (tertiary/aromatic N) is 1. The smallest absolute Gasteiger partial charge is 0.128 e. The molecule has 35 heavy (non-hydrogen) atoms. The molecule has 3 aromatic rings. The lowest BCUT2D eigenvalue weighted by Crippen LogP contribution is -2.23. The van der Waals surface area contributed by atoms with E-state index in [1.165, 1.54) is 41.5 Å². The summed E-state index contributed by atoms with van der Waals surface area (Å²) in [5.41, 5.74) is 8.54. The molecule has 3 nitrogen and oxygen atoms in total. The summed E-state index contributed by atoms with van der Waals surface area (Å²) in [6.45, 7) is 13.8. The Hall–Kier alpha value is -2.65. The Kier molecular flexibility index (Phi) is 10.3. The first-order valence-electron chi connectivity index (χ1n) is 13.5. The number of benzene rings is 2. The molecule has 1 atom stereocenters. The molecule has 0 aliphatic heterocycles. The summed E-state index contributed by atoms with van der Waals surface area (Å²) in [5, 5.41) is 3.85. The molecule has 0 aliphatic rings. The van der Waals surface area contributed by atoms with Crippen LogP contribution in [0.4, 0.5) is 0 Å². The van der Waals surface area contributed by atoms with E-state index in [1.807, 2.05) is 0 Å². The highest BCUT2D eigenvalue weighted by Crippen LogP contribution is 2.34. The first-order valence-corrected chi connectivity index (χ1v) is 13.5. The van der Waals surface area contributed by atoms with Gasteiger partial charge in [-0.1, -0.05) is 88.6 Å². The monoisotopic (exact) mass is 472 g/mol. The van der Waals surface area contributed by atoms with Crippen molar-refractivity contribution in [1.82, 2.24) is 10.3 Å². The maximum absolute atomic E-state index is 6.39. The van der Waals surface area contributed by atoms with E-state index in [4.69, 9.17) is 9.72 Å². The summed E-state index contributed by atoms with van der Waals surface area (Å²) in [6.07, 6.45) is 6.93. The van der Waals surface area contributed by atoms with Gasteiger partial charge in [0.1, 0.15) is 5.75 Å². The Morgan fingerprint density at radius 3 is 2.17 bits per heavy atom. The quantitative estimate of drug-likeness (QED) is 0.254. The summed E-state index contributed by atoms with van der Waals surface area (Å²) >= 11 is 0. The van der Waals surface area contributed by atoms with Crippen molar-refractivity contribution in [2.45, 2.75) is 98.8 Å². The fourth-order valence-electron chi connectivity index (χ4n) is 4.84. The third-order valence-electron chi connectivity index (χ3n) is 6.73. The second-order valence-corrected chi connectivity index (χ2v) is 9.73. The van der Waals surface area contributed by atoms with Crippen LogP contribution in [-0.4, -0.2) is 11.1 Å². The van der Waals surface area contributed by atoms with Crippen LogP contribution < -0.4 is 10.1 Å². The van der Waals surface area contributed by atoms with Crippen molar-refractivity contribution >= 4 is 0 Å². The Balaban J connectivity index is 1.96. The van der Waals surface area contributed by atoms with Gasteiger partial charge in [0.15, 0.2) is 0 Å². The van der Waals surface area contributed by atoms with Gasteiger partial charge in [0.25, 0.3) is 0 Å². The molecule has 2 aromatic carbocycles. The van der Waals surface area contributed by atoms with Gasteiger partial charge in [-0.25, -0.2) is 0 Å². The van der Waals surface area contributed by atoms with Gasteiger partial charge in [-0.3, -0.25) is 4.98 Å². The molecule has 3 rings (SSSR count). The number of hydrogen-bond donors (Lipinski definition) is 1. The molecular weight excluding hydrogens is 428 g/mol. The largest absolute Gasteiger partial charge is 0.491 e. The van der Waals surface area contributed by atoms with Crippen LogP contribution in [0.15, 0.2) is 54.6 Å². The number of nitrogens with one attached hydrogen (secondary N) is 1. The van der Waals surface area contributed by atoms with Crippen molar-refractivity contribution in [3.05, 3.63) is 82.5 Å². The Bertz CT molecular complexity index is 1040. The van der Waals surface area contributed by atoms with Crippen molar-refractivity contribution in [1.29, 1.82) is 0 Å². The third kappa shape index (κ3) is 7.18. The minimum atomic E-state index is 0.102. The Morgan fingerprint density at radius 2 is 1.57 bits per heavy atom. The van der Waals surface area contributed by atoms with Gasteiger partial charge in [0, 0.05) is 35.5 Å². The molecule has 0 bridgehead atoms. The van der Waals surface area contributed by atoms with E-state index in [0.717, 1.165) is 48.5 Å². The first-order chi connectivity index (χ1) is 17.0. The van der Waals surface area contributed by atoms with E-state index in [1.54, 1.807) is 0 Å². The number of pyridine rings is 1. The number of aryl methyl sites for hydroxylation is 3. The van der Waals surface area contributed by atoms with E-state index in [-0.39, 0.29) is 6.10 Å². The number of hydrogen-bond acceptors (Lipinski definition) is 3. The first kappa shape index (κ1) is 26.9. The minimum Gasteiger partial charge on any atom is -0.491 e. The standard InChI is InChI=1S/C32H44N2O/c1-7-10-12-20-29(27-16-13-11-14-17-27)33-22-28-24(6)34-30(21-31(28)35-23(4)5)32-25(8-2)18-15-19-26(32)9-3/h11,13-19,21,23,29,33H,7-10,12,20,22H2,1-6H3. The lowest BCUT2D eigenvalue weighted by atomic mass is 9.94. The summed E-state index contributed by atoms with van der Waals surface area (Å²) in [5.74, 6) is 0.948. The lowest BCUT2D eigenvalue weighted by Gasteiger charge is -2.23. The van der Waals surface area contributed by atoms with Crippen LogP contribution in [0, 0.1) is 6.92 Å². The molecule has 188 valence electrons. The van der Waals surface area contributed by atoms with Crippen molar-refractivity contribution in [2.75, 3.05) is 0 Å². The predicted octanol–water partition coefficient (Wildman–Crippen LogP) is 8.38. The fraction of sp³-hybridized carbons (Fsp3) is 0.469. The lowest BCUT2D eigenvalue weighted by molar-refractivity contribution is 0.238. The van der Waals surface area contributed by atoms with Crippen LogP contribution in [0.2, 0.25) is 0 Å². The average Bonchev–Trinajstić information content (AvgIpc) is 2.86. The molecule has 0 amide bonds. The zero-order valence-corrected chi connectivity index (χ0v) is 22.7. The van der Waals surface area contributed by atoms with Crippen LogP contribution in [0.25, 0.3) is 11.3 Å². The highest BCUT2D eigenvalue weighted by molar-refractivity contribution is 5.70. The predicted molar refractivity (Wildman–Crippen MR) is 149 cm³/mol. The molecule has 0 fully saturated rings. The van der Waals surface area contributed by atoms with Crippen LogP contribution >= 0.6 is 0 Å². The Labute approximate surface area is 213 Å². The van der Waals surface area contributed by atoms with Gasteiger partial charge < -0.3 is 10.1 Å². The maximum Gasteiger partial charge on any atom is 0.128 e. The van der Waals surface area contributed by atoms with E-state index < -0.39 is 0 Å². The number of rotatable bonds is 13. The van der Waals surface area contributed by atoms with Gasteiger partial charge in [-0.05, 0) is 56.7 Å². The molecular formula is C32H44N2O. The summed E-state index contributed by atoms with van der Waals surface area (Å²) in [6, 6.07) is 19.9. The maximum atomic E-state index is 6.39. The molecule has 1 aromatic heterocycles. The van der Waals surface area contributed by atoms with Crippen molar-refractivity contribution in [3.8, 4) is 17.0 Å². The van der Waals surface area contributed by atoms with Crippen LogP contribution in [0.1, 0.15) is 94.3 Å². The van der Waals surface area contributed by atoms with Crippen LogP contribution in [-0.2, 0) is 19.4 Å². The van der Waals surface area contributed by atoms with Gasteiger partial charge in [0.2, 0.25) is 0 Å². The SMILES string of the molecule is CCCCCC(NCc1c(OC(C)C)cc(-c2c(CC)cccc2CC)nc1C)c1ccccc1. The van der Waals surface area contributed by atoms with Gasteiger partial charge in [-0.2, -0.15) is 0 Å². The second kappa shape index (κ2) is 13.4. The normalized spacial score (nSPS) is 12.2. The molecule has 1 heterocycles. The molecule has 1 N–H and O–H groups in total. The highest BCUT2D eigenvalue weighted by atomic mass is 16.5.